The number of carbonyl (C=O) groups excluding carboxylic acids is 1. The molecule has 23 heavy (non-hydrogen) atoms. The molecular formula is C17H29ClN4O. The Balaban J connectivity index is 0.00000192. The zero-order valence-corrected chi connectivity index (χ0v) is 15.3. The fourth-order valence-electron chi connectivity index (χ4n) is 4.53. The first-order chi connectivity index (χ1) is 10.4. The third-order valence-corrected chi connectivity index (χ3v) is 5.84. The minimum atomic E-state index is 0. The SMILES string of the molecule is Cc1nn(C)c(C)c1CC(C)NC(=O)C1C2CCC(C2)C1N.Cl. The van der Waals surface area contributed by atoms with E-state index in [1.165, 1.54) is 24.1 Å². The predicted octanol–water partition coefficient (Wildman–Crippen LogP) is 1.88. The van der Waals surface area contributed by atoms with Gasteiger partial charge in [0, 0.05) is 24.8 Å². The van der Waals surface area contributed by atoms with Crippen LogP contribution in [0.2, 0.25) is 0 Å². The van der Waals surface area contributed by atoms with E-state index in [9.17, 15) is 4.79 Å². The molecule has 130 valence electrons. The highest BCUT2D eigenvalue weighted by atomic mass is 35.5. The molecule has 3 rings (SSSR count). The number of aromatic nitrogens is 2. The van der Waals surface area contributed by atoms with Crippen molar-refractivity contribution < 1.29 is 4.79 Å². The van der Waals surface area contributed by atoms with Gasteiger partial charge in [0.2, 0.25) is 5.91 Å². The van der Waals surface area contributed by atoms with Gasteiger partial charge < -0.3 is 11.1 Å². The van der Waals surface area contributed by atoms with E-state index in [0.29, 0.717) is 11.8 Å². The quantitative estimate of drug-likeness (QED) is 0.879. The van der Waals surface area contributed by atoms with Gasteiger partial charge >= 0.3 is 0 Å². The van der Waals surface area contributed by atoms with E-state index in [2.05, 4.69) is 24.3 Å². The van der Waals surface area contributed by atoms with Crippen LogP contribution in [0.5, 0.6) is 0 Å². The number of carbonyl (C=O) groups is 1. The third kappa shape index (κ3) is 3.26. The minimum Gasteiger partial charge on any atom is -0.353 e. The van der Waals surface area contributed by atoms with Gasteiger partial charge in [0.1, 0.15) is 0 Å². The maximum Gasteiger partial charge on any atom is 0.225 e. The number of amides is 1. The van der Waals surface area contributed by atoms with Crippen LogP contribution in [0.15, 0.2) is 0 Å². The molecule has 2 aliphatic carbocycles. The molecule has 5 nitrogen and oxygen atoms in total. The number of fused-ring (bicyclic) bond motifs is 2. The van der Waals surface area contributed by atoms with Crippen molar-refractivity contribution in [2.24, 2.45) is 30.5 Å². The topological polar surface area (TPSA) is 72.9 Å². The van der Waals surface area contributed by atoms with Crippen molar-refractivity contribution in [3.63, 3.8) is 0 Å². The summed E-state index contributed by atoms with van der Waals surface area (Å²) in [6, 6.07) is 0.174. The molecule has 0 radical (unpaired) electrons. The van der Waals surface area contributed by atoms with E-state index >= 15 is 0 Å². The molecule has 6 heteroatoms. The molecule has 1 aromatic heterocycles. The van der Waals surface area contributed by atoms with Crippen LogP contribution < -0.4 is 11.1 Å². The zero-order chi connectivity index (χ0) is 16.0. The van der Waals surface area contributed by atoms with Gasteiger partial charge in [0.05, 0.1) is 11.6 Å². The van der Waals surface area contributed by atoms with Gasteiger partial charge in [-0.25, -0.2) is 0 Å². The Morgan fingerprint density at radius 2 is 2.04 bits per heavy atom. The Labute approximate surface area is 144 Å². The van der Waals surface area contributed by atoms with E-state index in [1.807, 2.05) is 18.7 Å². The lowest BCUT2D eigenvalue weighted by atomic mass is 9.84. The van der Waals surface area contributed by atoms with Crippen molar-refractivity contribution in [2.45, 2.75) is 58.5 Å². The molecular weight excluding hydrogens is 312 g/mol. The second-order valence-electron chi connectivity index (χ2n) is 7.32. The number of hydrogen-bond donors (Lipinski definition) is 2. The normalized spacial score (nSPS) is 30.1. The molecule has 2 bridgehead atoms. The summed E-state index contributed by atoms with van der Waals surface area (Å²) in [4.78, 5) is 12.6. The van der Waals surface area contributed by atoms with Gasteiger partial charge in [-0.1, -0.05) is 0 Å². The van der Waals surface area contributed by atoms with E-state index < -0.39 is 0 Å². The van der Waals surface area contributed by atoms with Crippen LogP contribution in [0.1, 0.15) is 43.1 Å². The lowest BCUT2D eigenvalue weighted by molar-refractivity contribution is -0.127. The monoisotopic (exact) mass is 340 g/mol. The van der Waals surface area contributed by atoms with Crippen molar-refractivity contribution >= 4 is 18.3 Å². The molecule has 2 aliphatic rings. The Hall–Kier alpha value is -1.07. The molecule has 0 aromatic carbocycles. The summed E-state index contributed by atoms with van der Waals surface area (Å²) in [7, 11) is 1.96. The van der Waals surface area contributed by atoms with Crippen molar-refractivity contribution in [3.8, 4) is 0 Å². The molecule has 1 aromatic rings. The molecule has 1 amide bonds. The molecule has 0 spiro atoms. The Kier molecular flexibility index (Phi) is 5.41. The second-order valence-corrected chi connectivity index (χ2v) is 7.32. The van der Waals surface area contributed by atoms with Gasteiger partial charge in [-0.3, -0.25) is 9.48 Å². The summed E-state index contributed by atoms with van der Waals surface area (Å²) in [6.07, 6.45) is 4.35. The van der Waals surface area contributed by atoms with E-state index in [-0.39, 0.29) is 36.3 Å². The van der Waals surface area contributed by atoms with E-state index in [0.717, 1.165) is 18.5 Å². The summed E-state index contributed by atoms with van der Waals surface area (Å²) in [6.45, 7) is 6.18. The van der Waals surface area contributed by atoms with Gasteiger partial charge in [-0.2, -0.15) is 5.10 Å². The lowest BCUT2D eigenvalue weighted by Crippen LogP contribution is -2.48. The number of nitrogens with two attached hydrogens (primary N) is 1. The Morgan fingerprint density at radius 1 is 1.39 bits per heavy atom. The van der Waals surface area contributed by atoms with Gasteiger partial charge in [-0.05, 0) is 63.9 Å². The Bertz CT molecular complexity index is 583. The van der Waals surface area contributed by atoms with Crippen molar-refractivity contribution in [1.82, 2.24) is 15.1 Å². The van der Waals surface area contributed by atoms with Crippen molar-refractivity contribution in [1.29, 1.82) is 0 Å². The largest absolute Gasteiger partial charge is 0.353 e. The van der Waals surface area contributed by atoms with E-state index in [4.69, 9.17) is 5.73 Å². The van der Waals surface area contributed by atoms with Gasteiger partial charge in [0.15, 0.2) is 0 Å². The van der Waals surface area contributed by atoms with Crippen LogP contribution in [0, 0.1) is 31.6 Å². The molecule has 2 saturated carbocycles. The molecule has 0 aliphatic heterocycles. The van der Waals surface area contributed by atoms with Gasteiger partial charge in [-0.15, -0.1) is 12.4 Å². The summed E-state index contributed by atoms with van der Waals surface area (Å²) in [5, 5.41) is 7.64. The van der Waals surface area contributed by atoms with Crippen molar-refractivity contribution in [2.75, 3.05) is 0 Å². The van der Waals surface area contributed by atoms with Crippen LogP contribution in [-0.4, -0.2) is 27.8 Å². The fraction of sp³-hybridized carbons (Fsp3) is 0.765. The lowest BCUT2D eigenvalue weighted by Gasteiger charge is -2.28. The molecule has 3 N–H and O–H groups in total. The molecule has 1 heterocycles. The predicted molar refractivity (Wildman–Crippen MR) is 93.5 cm³/mol. The molecule has 5 atom stereocenters. The van der Waals surface area contributed by atoms with Crippen LogP contribution in [0.25, 0.3) is 0 Å². The molecule has 2 fully saturated rings. The number of nitrogens with one attached hydrogen (secondary N) is 1. The number of nitrogens with zero attached hydrogens (tertiary/aromatic N) is 2. The van der Waals surface area contributed by atoms with Crippen LogP contribution in [0.4, 0.5) is 0 Å². The summed E-state index contributed by atoms with van der Waals surface area (Å²) in [5.74, 6) is 1.26. The standard InChI is InChI=1S/C17H28N4O.ClH/c1-9(7-14-10(2)20-21(4)11(14)3)19-17(22)15-12-5-6-13(8-12)16(15)18;/h9,12-13,15-16H,5-8,18H2,1-4H3,(H,19,22);1H. The smallest absolute Gasteiger partial charge is 0.225 e. The summed E-state index contributed by atoms with van der Waals surface area (Å²) in [5.41, 5.74) is 9.74. The summed E-state index contributed by atoms with van der Waals surface area (Å²) < 4.78 is 1.91. The maximum absolute atomic E-state index is 12.6. The zero-order valence-electron chi connectivity index (χ0n) is 14.5. The maximum atomic E-state index is 12.6. The van der Waals surface area contributed by atoms with E-state index in [1.54, 1.807) is 0 Å². The fourth-order valence-corrected chi connectivity index (χ4v) is 4.53. The second kappa shape index (κ2) is 6.81. The number of halogens is 1. The Morgan fingerprint density at radius 3 is 2.57 bits per heavy atom. The molecule has 5 unspecified atom stereocenters. The minimum absolute atomic E-state index is 0. The van der Waals surface area contributed by atoms with Crippen LogP contribution >= 0.6 is 12.4 Å². The third-order valence-electron chi connectivity index (χ3n) is 5.84. The van der Waals surface area contributed by atoms with Gasteiger partial charge in [0.25, 0.3) is 0 Å². The summed E-state index contributed by atoms with van der Waals surface area (Å²) >= 11 is 0. The first-order valence-corrected chi connectivity index (χ1v) is 8.43. The first-order valence-electron chi connectivity index (χ1n) is 8.43. The highest BCUT2D eigenvalue weighted by Crippen LogP contribution is 2.47. The average Bonchev–Trinajstić information content (AvgIpc) is 3.09. The van der Waals surface area contributed by atoms with Crippen LogP contribution in [-0.2, 0) is 18.3 Å². The highest BCUT2D eigenvalue weighted by molar-refractivity contribution is 5.85. The number of hydrogen-bond acceptors (Lipinski definition) is 3. The van der Waals surface area contributed by atoms with Crippen LogP contribution in [0.3, 0.4) is 0 Å². The highest BCUT2D eigenvalue weighted by Gasteiger charge is 2.49. The number of aryl methyl sites for hydroxylation is 2. The first kappa shape index (κ1) is 18.3. The average molecular weight is 341 g/mol. The number of rotatable bonds is 4. The van der Waals surface area contributed by atoms with Crippen molar-refractivity contribution in [3.05, 3.63) is 17.0 Å². The molecule has 0 saturated heterocycles.